The number of rotatable bonds is 4. The standard InChI is InChI=1S/C12H20N2O4/c1-7(2)8(6-18-5)14-10(16)12(3,4)9(15)13-11(14)17/h7-8H,6H2,1-5H3,(H,13,15,17). The van der Waals surface area contributed by atoms with E-state index in [-0.39, 0.29) is 18.6 Å². The molecule has 1 saturated heterocycles. The Morgan fingerprint density at radius 3 is 2.28 bits per heavy atom. The molecule has 0 aromatic heterocycles. The van der Waals surface area contributed by atoms with Crippen LogP contribution in [0.5, 0.6) is 0 Å². The second-order valence-electron chi connectivity index (χ2n) is 5.33. The molecule has 4 amide bonds. The second kappa shape index (κ2) is 5.06. The summed E-state index contributed by atoms with van der Waals surface area (Å²) in [6, 6.07) is -1.05. The van der Waals surface area contributed by atoms with Crippen LogP contribution in [0, 0.1) is 11.3 Å². The van der Waals surface area contributed by atoms with E-state index in [1.165, 1.54) is 21.0 Å². The molecule has 1 unspecified atom stereocenters. The molecule has 1 aliphatic heterocycles. The number of carbonyl (C=O) groups excluding carboxylic acids is 3. The maximum atomic E-state index is 12.3. The molecule has 0 aliphatic carbocycles. The van der Waals surface area contributed by atoms with Crippen molar-refractivity contribution in [3.63, 3.8) is 0 Å². The first kappa shape index (κ1) is 14.6. The molecular weight excluding hydrogens is 236 g/mol. The number of barbiturate groups is 1. The Hall–Kier alpha value is -1.43. The molecule has 0 aromatic carbocycles. The van der Waals surface area contributed by atoms with Crippen molar-refractivity contribution in [3.8, 4) is 0 Å². The molecule has 1 aliphatic rings. The highest BCUT2D eigenvalue weighted by Crippen LogP contribution is 2.27. The predicted octanol–water partition coefficient (Wildman–Crippen LogP) is 0.762. The maximum Gasteiger partial charge on any atom is 0.331 e. The fraction of sp³-hybridized carbons (Fsp3) is 0.750. The summed E-state index contributed by atoms with van der Waals surface area (Å²) in [6.45, 7) is 7.06. The summed E-state index contributed by atoms with van der Waals surface area (Å²) in [5.74, 6) is -0.996. The van der Waals surface area contributed by atoms with Crippen molar-refractivity contribution in [2.75, 3.05) is 13.7 Å². The van der Waals surface area contributed by atoms with Gasteiger partial charge in [-0.25, -0.2) is 4.79 Å². The Kier molecular flexibility index (Phi) is 4.11. The number of methoxy groups -OCH3 is 1. The van der Waals surface area contributed by atoms with E-state index in [1.54, 1.807) is 0 Å². The topological polar surface area (TPSA) is 75.7 Å². The average Bonchev–Trinajstić information content (AvgIpc) is 2.25. The molecule has 6 nitrogen and oxygen atoms in total. The van der Waals surface area contributed by atoms with Gasteiger partial charge in [-0.3, -0.25) is 19.8 Å². The number of ether oxygens (including phenoxy) is 1. The number of imide groups is 2. The van der Waals surface area contributed by atoms with Crippen molar-refractivity contribution in [3.05, 3.63) is 0 Å². The zero-order valence-corrected chi connectivity index (χ0v) is 11.4. The van der Waals surface area contributed by atoms with Crippen LogP contribution in [-0.2, 0) is 14.3 Å². The Morgan fingerprint density at radius 2 is 1.83 bits per heavy atom. The Morgan fingerprint density at radius 1 is 1.28 bits per heavy atom. The molecule has 0 saturated carbocycles. The lowest BCUT2D eigenvalue weighted by molar-refractivity contribution is -0.152. The third-order valence-corrected chi connectivity index (χ3v) is 3.20. The van der Waals surface area contributed by atoms with Crippen LogP contribution in [0.2, 0.25) is 0 Å². The minimum atomic E-state index is -1.23. The monoisotopic (exact) mass is 256 g/mol. The van der Waals surface area contributed by atoms with Gasteiger partial charge in [0.1, 0.15) is 5.41 Å². The van der Waals surface area contributed by atoms with Crippen molar-refractivity contribution in [1.82, 2.24) is 10.2 Å². The lowest BCUT2D eigenvalue weighted by atomic mass is 9.87. The third kappa shape index (κ3) is 2.38. The first-order valence-corrected chi connectivity index (χ1v) is 5.91. The molecule has 1 heterocycles. The Balaban J connectivity index is 3.09. The summed E-state index contributed by atoms with van der Waals surface area (Å²) < 4.78 is 5.05. The molecule has 1 N–H and O–H groups in total. The summed E-state index contributed by atoms with van der Waals surface area (Å²) in [6.07, 6.45) is 0. The van der Waals surface area contributed by atoms with E-state index in [4.69, 9.17) is 4.74 Å². The van der Waals surface area contributed by atoms with Crippen LogP contribution in [0.1, 0.15) is 27.7 Å². The number of urea groups is 1. The van der Waals surface area contributed by atoms with Gasteiger partial charge in [0.2, 0.25) is 11.8 Å². The van der Waals surface area contributed by atoms with Crippen LogP contribution >= 0.6 is 0 Å². The lowest BCUT2D eigenvalue weighted by Crippen LogP contribution is -2.65. The zero-order chi connectivity index (χ0) is 14.1. The predicted molar refractivity (Wildman–Crippen MR) is 64.7 cm³/mol. The van der Waals surface area contributed by atoms with E-state index in [0.29, 0.717) is 0 Å². The number of nitrogens with one attached hydrogen (secondary N) is 1. The fourth-order valence-corrected chi connectivity index (χ4v) is 1.84. The van der Waals surface area contributed by atoms with Crippen LogP contribution in [-0.4, -0.2) is 42.5 Å². The van der Waals surface area contributed by atoms with Gasteiger partial charge in [-0.2, -0.15) is 0 Å². The van der Waals surface area contributed by atoms with E-state index >= 15 is 0 Å². The summed E-state index contributed by atoms with van der Waals surface area (Å²) in [4.78, 5) is 36.8. The highest BCUT2D eigenvalue weighted by Gasteiger charge is 2.49. The zero-order valence-electron chi connectivity index (χ0n) is 11.4. The van der Waals surface area contributed by atoms with Crippen molar-refractivity contribution in [2.24, 2.45) is 11.3 Å². The van der Waals surface area contributed by atoms with Crippen LogP contribution in [0.4, 0.5) is 4.79 Å². The fourth-order valence-electron chi connectivity index (χ4n) is 1.84. The molecular formula is C12H20N2O4. The molecule has 0 aromatic rings. The van der Waals surface area contributed by atoms with Crippen LogP contribution in [0.15, 0.2) is 0 Å². The van der Waals surface area contributed by atoms with E-state index < -0.39 is 23.3 Å². The smallest absolute Gasteiger partial charge is 0.331 e. The maximum absolute atomic E-state index is 12.3. The highest BCUT2D eigenvalue weighted by atomic mass is 16.5. The van der Waals surface area contributed by atoms with Gasteiger partial charge in [-0.05, 0) is 19.8 Å². The number of nitrogens with zero attached hydrogens (tertiary/aromatic N) is 1. The third-order valence-electron chi connectivity index (χ3n) is 3.20. The Bertz CT molecular complexity index is 376. The van der Waals surface area contributed by atoms with Gasteiger partial charge in [0.25, 0.3) is 0 Å². The largest absolute Gasteiger partial charge is 0.383 e. The Labute approximate surface area is 107 Å². The average molecular weight is 256 g/mol. The molecule has 0 spiro atoms. The summed E-state index contributed by atoms with van der Waals surface area (Å²) in [5.41, 5.74) is -1.23. The van der Waals surface area contributed by atoms with E-state index in [9.17, 15) is 14.4 Å². The number of hydrogen-bond donors (Lipinski definition) is 1. The number of hydrogen-bond acceptors (Lipinski definition) is 4. The molecule has 0 radical (unpaired) electrons. The van der Waals surface area contributed by atoms with Gasteiger partial charge in [-0.1, -0.05) is 13.8 Å². The SMILES string of the molecule is COCC(C(C)C)N1C(=O)NC(=O)C(C)(C)C1=O. The first-order chi connectivity index (χ1) is 8.23. The van der Waals surface area contributed by atoms with E-state index in [1.807, 2.05) is 13.8 Å². The van der Waals surface area contributed by atoms with Gasteiger partial charge in [0.15, 0.2) is 0 Å². The van der Waals surface area contributed by atoms with E-state index in [0.717, 1.165) is 4.90 Å². The second-order valence-corrected chi connectivity index (χ2v) is 5.33. The van der Waals surface area contributed by atoms with Gasteiger partial charge in [0, 0.05) is 7.11 Å². The van der Waals surface area contributed by atoms with Crippen LogP contribution in [0.25, 0.3) is 0 Å². The first-order valence-electron chi connectivity index (χ1n) is 5.91. The molecule has 18 heavy (non-hydrogen) atoms. The summed E-state index contributed by atoms with van der Waals surface area (Å²) in [7, 11) is 1.51. The number of amides is 4. The summed E-state index contributed by atoms with van der Waals surface area (Å²) >= 11 is 0. The summed E-state index contributed by atoms with van der Waals surface area (Å²) in [5, 5.41) is 2.22. The quantitative estimate of drug-likeness (QED) is 0.753. The van der Waals surface area contributed by atoms with Crippen LogP contribution in [0.3, 0.4) is 0 Å². The van der Waals surface area contributed by atoms with E-state index in [2.05, 4.69) is 5.32 Å². The van der Waals surface area contributed by atoms with Crippen molar-refractivity contribution < 1.29 is 19.1 Å². The molecule has 1 rings (SSSR count). The van der Waals surface area contributed by atoms with Gasteiger partial charge < -0.3 is 4.74 Å². The van der Waals surface area contributed by atoms with Crippen LogP contribution < -0.4 is 5.32 Å². The number of carbonyl (C=O) groups is 3. The minimum Gasteiger partial charge on any atom is -0.383 e. The van der Waals surface area contributed by atoms with Gasteiger partial charge in [0.05, 0.1) is 12.6 Å². The normalized spacial score (nSPS) is 21.2. The van der Waals surface area contributed by atoms with Crippen molar-refractivity contribution in [1.29, 1.82) is 0 Å². The molecule has 0 bridgehead atoms. The van der Waals surface area contributed by atoms with Gasteiger partial charge in [-0.15, -0.1) is 0 Å². The molecule has 1 fully saturated rings. The molecule has 102 valence electrons. The molecule has 6 heteroatoms. The molecule has 1 atom stereocenters. The van der Waals surface area contributed by atoms with Crippen molar-refractivity contribution in [2.45, 2.75) is 33.7 Å². The minimum absolute atomic E-state index is 0.0450. The van der Waals surface area contributed by atoms with Crippen molar-refractivity contribution >= 4 is 17.8 Å². The lowest BCUT2D eigenvalue weighted by Gasteiger charge is -2.40. The van der Waals surface area contributed by atoms with Gasteiger partial charge >= 0.3 is 6.03 Å². The highest BCUT2D eigenvalue weighted by molar-refractivity contribution is 6.18.